The smallest absolute Gasteiger partial charge is 0.358 e. The zero-order valence-corrected chi connectivity index (χ0v) is 8.10. The van der Waals surface area contributed by atoms with Crippen molar-refractivity contribution >= 4 is 17.6 Å². The highest BCUT2D eigenvalue weighted by molar-refractivity contribution is 6.30. The van der Waals surface area contributed by atoms with E-state index in [2.05, 4.69) is 10.1 Å². The molecule has 5 nitrogen and oxygen atoms in total. The van der Waals surface area contributed by atoms with Crippen molar-refractivity contribution in [1.29, 1.82) is 0 Å². The molecule has 0 spiro atoms. The Labute approximate surface area is 89.3 Å². The van der Waals surface area contributed by atoms with Crippen molar-refractivity contribution in [3.8, 4) is 11.5 Å². The van der Waals surface area contributed by atoms with E-state index in [0.717, 1.165) is 0 Å². The van der Waals surface area contributed by atoms with Gasteiger partial charge in [-0.15, -0.1) is 0 Å². The van der Waals surface area contributed by atoms with Crippen LogP contribution in [0.3, 0.4) is 0 Å². The summed E-state index contributed by atoms with van der Waals surface area (Å²) in [4.78, 5) is 14.5. The number of aromatic carboxylic acids is 1. The molecule has 0 aliphatic carbocycles. The van der Waals surface area contributed by atoms with Crippen LogP contribution in [0.15, 0.2) is 28.9 Å². The minimum Gasteiger partial charge on any atom is -0.476 e. The maximum Gasteiger partial charge on any atom is 0.358 e. The number of hydrogen-bond acceptors (Lipinski definition) is 4. The van der Waals surface area contributed by atoms with Crippen molar-refractivity contribution in [3.63, 3.8) is 0 Å². The SMILES string of the molecule is O=C(O)c1cc(-c2ccc(Cl)cn2)on1. The van der Waals surface area contributed by atoms with E-state index >= 15 is 0 Å². The van der Waals surface area contributed by atoms with E-state index in [1.807, 2.05) is 0 Å². The summed E-state index contributed by atoms with van der Waals surface area (Å²) < 4.78 is 4.82. The van der Waals surface area contributed by atoms with Crippen LogP contribution in [-0.4, -0.2) is 21.2 Å². The van der Waals surface area contributed by atoms with E-state index in [-0.39, 0.29) is 5.69 Å². The van der Waals surface area contributed by atoms with Crippen LogP contribution in [0.5, 0.6) is 0 Å². The maximum absolute atomic E-state index is 10.5. The van der Waals surface area contributed by atoms with Gasteiger partial charge < -0.3 is 9.63 Å². The second kappa shape index (κ2) is 3.70. The molecule has 0 aromatic carbocycles. The number of pyridine rings is 1. The predicted molar refractivity (Wildman–Crippen MR) is 51.7 cm³/mol. The number of nitrogens with zero attached hydrogens (tertiary/aromatic N) is 2. The Bertz CT molecular complexity index is 492. The highest BCUT2D eigenvalue weighted by atomic mass is 35.5. The van der Waals surface area contributed by atoms with Crippen molar-refractivity contribution < 1.29 is 14.4 Å². The van der Waals surface area contributed by atoms with Crippen LogP contribution in [0.1, 0.15) is 10.5 Å². The summed E-state index contributed by atoms with van der Waals surface area (Å²) >= 11 is 5.65. The molecule has 2 heterocycles. The molecule has 0 aliphatic rings. The van der Waals surface area contributed by atoms with Crippen molar-refractivity contribution in [1.82, 2.24) is 10.1 Å². The van der Waals surface area contributed by atoms with E-state index in [1.165, 1.54) is 12.3 Å². The molecule has 0 saturated heterocycles. The average Bonchev–Trinajstić information content (AvgIpc) is 2.68. The molecule has 0 saturated carbocycles. The van der Waals surface area contributed by atoms with Crippen molar-refractivity contribution in [2.75, 3.05) is 0 Å². The molecule has 1 N–H and O–H groups in total. The molecule has 0 fully saturated rings. The lowest BCUT2D eigenvalue weighted by Gasteiger charge is -1.92. The largest absolute Gasteiger partial charge is 0.476 e. The first-order valence-electron chi connectivity index (χ1n) is 3.99. The van der Waals surface area contributed by atoms with Gasteiger partial charge >= 0.3 is 5.97 Å². The highest BCUT2D eigenvalue weighted by Gasteiger charge is 2.12. The van der Waals surface area contributed by atoms with E-state index in [4.69, 9.17) is 21.2 Å². The molecule has 6 heteroatoms. The summed E-state index contributed by atoms with van der Waals surface area (Å²) in [7, 11) is 0. The van der Waals surface area contributed by atoms with Crippen LogP contribution < -0.4 is 0 Å². The minimum atomic E-state index is -1.14. The van der Waals surface area contributed by atoms with Crippen LogP contribution in [0.2, 0.25) is 5.02 Å². The standard InChI is InChI=1S/C9H5ClN2O3/c10-5-1-2-6(11-4-5)8-3-7(9(13)14)12-15-8/h1-4H,(H,13,14). The summed E-state index contributed by atoms with van der Waals surface area (Å²) in [5, 5.41) is 12.5. The Balaban J connectivity index is 2.37. The number of hydrogen-bond donors (Lipinski definition) is 1. The van der Waals surface area contributed by atoms with Gasteiger partial charge in [0.25, 0.3) is 0 Å². The molecule has 0 amide bonds. The van der Waals surface area contributed by atoms with Crippen LogP contribution in [0.4, 0.5) is 0 Å². The molecule has 0 unspecified atom stereocenters. The lowest BCUT2D eigenvalue weighted by molar-refractivity contribution is 0.0686. The molecule has 2 aromatic heterocycles. The molecule has 2 rings (SSSR count). The van der Waals surface area contributed by atoms with Gasteiger partial charge in [0.05, 0.1) is 5.02 Å². The van der Waals surface area contributed by atoms with Crippen LogP contribution in [0, 0.1) is 0 Å². The topological polar surface area (TPSA) is 76.2 Å². The van der Waals surface area contributed by atoms with Crippen molar-refractivity contribution in [2.24, 2.45) is 0 Å². The van der Waals surface area contributed by atoms with E-state index in [9.17, 15) is 4.79 Å². The third kappa shape index (κ3) is 1.97. The molecule has 0 bridgehead atoms. The number of aromatic nitrogens is 2. The van der Waals surface area contributed by atoms with Crippen molar-refractivity contribution in [2.45, 2.75) is 0 Å². The number of carboxylic acid groups (broad SMARTS) is 1. The molecule has 2 aromatic rings. The third-order valence-electron chi connectivity index (χ3n) is 1.71. The lowest BCUT2D eigenvalue weighted by Crippen LogP contribution is -1.94. The zero-order chi connectivity index (χ0) is 10.8. The Hall–Kier alpha value is -1.88. The summed E-state index contributed by atoms with van der Waals surface area (Å²) in [5.41, 5.74) is 0.334. The van der Waals surface area contributed by atoms with Crippen LogP contribution >= 0.6 is 11.6 Å². The van der Waals surface area contributed by atoms with Gasteiger partial charge in [0.1, 0.15) is 5.69 Å². The molecule has 0 radical (unpaired) electrons. The van der Waals surface area contributed by atoms with Crippen LogP contribution in [-0.2, 0) is 0 Å². The number of halogens is 1. The normalized spacial score (nSPS) is 10.2. The van der Waals surface area contributed by atoms with Gasteiger partial charge in [-0.25, -0.2) is 4.79 Å². The summed E-state index contributed by atoms with van der Waals surface area (Å²) in [6.45, 7) is 0. The predicted octanol–water partition coefficient (Wildman–Crippen LogP) is 2.09. The van der Waals surface area contributed by atoms with Crippen molar-refractivity contribution in [3.05, 3.63) is 35.1 Å². The quantitative estimate of drug-likeness (QED) is 0.845. The first-order valence-corrected chi connectivity index (χ1v) is 4.36. The summed E-state index contributed by atoms with van der Waals surface area (Å²) in [5.74, 6) is -0.844. The van der Waals surface area contributed by atoms with Gasteiger partial charge in [-0.3, -0.25) is 4.98 Å². The van der Waals surface area contributed by atoms with Gasteiger partial charge in [0.15, 0.2) is 11.5 Å². The summed E-state index contributed by atoms with van der Waals surface area (Å²) in [6.07, 6.45) is 1.44. The molecular formula is C9H5ClN2O3. The number of rotatable bonds is 2. The van der Waals surface area contributed by atoms with E-state index in [0.29, 0.717) is 16.5 Å². The minimum absolute atomic E-state index is 0.151. The second-order valence-corrected chi connectivity index (χ2v) is 3.18. The van der Waals surface area contributed by atoms with Gasteiger partial charge in [-0.05, 0) is 12.1 Å². The fraction of sp³-hybridized carbons (Fsp3) is 0. The molecule has 0 aliphatic heterocycles. The van der Waals surface area contributed by atoms with Gasteiger partial charge in [0.2, 0.25) is 0 Å². The fourth-order valence-electron chi connectivity index (χ4n) is 1.02. The molecule has 0 atom stereocenters. The first kappa shape index (κ1) is 9.67. The molecule has 15 heavy (non-hydrogen) atoms. The van der Waals surface area contributed by atoms with E-state index in [1.54, 1.807) is 12.1 Å². The molecular weight excluding hydrogens is 220 g/mol. The fourth-order valence-corrected chi connectivity index (χ4v) is 1.13. The molecule has 76 valence electrons. The monoisotopic (exact) mass is 224 g/mol. The Morgan fingerprint density at radius 2 is 2.27 bits per heavy atom. The highest BCUT2D eigenvalue weighted by Crippen LogP contribution is 2.19. The Morgan fingerprint density at radius 1 is 1.47 bits per heavy atom. The zero-order valence-electron chi connectivity index (χ0n) is 7.35. The Kier molecular flexibility index (Phi) is 2.39. The first-order chi connectivity index (χ1) is 7.16. The summed E-state index contributed by atoms with van der Waals surface area (Å²) in [6, 6.07) is 4.56. The van der Waals surface area contributed by atoms with Gasteiger partial charge in [-0.1, -0.05) is 16.8 Å². The average molecular weight is 225 g/mol. The maximum atomic E-state index is 10.5. The van der Waals surface area contributed by atoms with E-state index < -0.39 is 5.97 Å². The number of carboxylic acids is 1. The third-order valence-corrected chi connectivity index (χ3v) is 1.93. The van der Waals surface area contributed by atoms with Gasteiger partial charge in [-0.2, -0.15) is 0 Å². The lowest BCUT2D eigenvalue weighted by atomic mass is 10.2. The number of carbonyl (C=O) groups is 1. The van der Waals surface area contributed by atoms with Crippen LogP contribution in [0.25, 0.3) is 11.5 Å². The van der Waals surface area contributed by atoms with Gasteiger partial charge in [0, 0.05) is 12.3 Å². The second-order valence-electron chi connectivity index (χ2n) is 2.74. The Morgan fingerprint density at radius 3 is 2.80 bits per heavy atom.